The average molecular weight is 269 g/mol. The molecule has 0 bridgehead atoms. The molecule has 2 fully saturated rings. The molecule has 0 spiro atoms. The molecular weight excluding hydrogens is 242 g/mol. The third kappa shape index (κ3) is 4.08. The van der Waals surface area contributed by atoms with Crippen LogP contribution in [0.25, 0.3) is 0 Å². The van der Waals surface area contributed by atoms with Crippen molar-refractivity contribution in [1.82, 2.24) is 9.80 Å². The summed E-state index contributed by atoms with van der Waals surface area (Å²) >= 11 is 0. The molecule has 0 aromatic rings. The number of amides is 2. The smallest absolute Gasteiger partial charge is 0.314 e. The van der Waals surface area contributed by atoms with Gasteiger partial charge >= 0.3 is 6.03 Å². The van der Waals surface area contributed by atoms with Gasteiger partial charge in [0.2, 0.25) is 0 Å². The van der Waals surface area contributed by atoms with E-state index in [1.807, 2.05) is 0 Å². The molecule has 1 saturated heterocycles. The van der Waals surface area contributed by atoms with Crippen LogP contribution in [-0.2, 0) is 0 Å². The number of nitrogens with zero attached hydrogens (tertiary/aromatic N) is 2. The summed E-state index contributed by atoms with van der Waals surface area (Å²) in [5.41, 5.74) is 4.81. The largest absolute Gasteiger partial charge is 0.389 e. The Bertz CT molecular complexity index is 314. The third-order valence-electron chi connectivity index (χ3n) is 4.62. The second-order valence-electron chi connectivity index (χ2n) is 6.36. The van der Waals surface area contributed by atoms with Crippen molar-refractivity contribution >= 4 is 6.03 Å². The molecule has 1 heterocycles. The van der Waals surface area contributed by atoms with E-state index in [-0.39, 0.29) is 6.03 Å². The van der Waals surface area contributed by atoms with Gasteiger partial charge in [0.1, 0.15) is 0 Å². The first-order valence-electron chi connectivity index (χ1n) is 7.48. The lowest BCUT2D eigenvalue weighted by Gasteiger charge is -2.38. The molecule has 5 heteroatoms. The quantitative estimate of drug-likeness (QED) is 0.786. The number of primary amides is 1. The van der Waals surface area contributed by atoms with Gasteiger partial charge in [-0.25, -0.2) is 4.79 Å². The van der Waals surface area contributed by atoms with E-state index in [2.05, 4.69) is 11.8 Å². The molecule has 2 aliphatic rings. The zero-order valence-corrected chi connectivity index (χ0v) is 12.0. The monoisotopic (exact) mass is 269 g/mol. The lowest BCUT2D eigenvalue weighted by atomic mass is 9.79. The summed E-state index contributed by atoms with van der Waals surface area (Å²) in [6.07, 6.45) is 5.00. The predicted octanol–water partition coefficient (Wildman–Crippen LogP) is 1.01. The molecule has 0 radical (unpaired) electrons. The zero-order chi connectivity index (χ0) is 13.9. The van der Waals surface area contributed by atoms with E-state index in [4.69, 9.17) is 5.73 Å². The first kappa shape index (κ1) is 14.6. The number of carbonyl (C=O) groups is 1. The van der Waals surface area contributed by atoms with Crippen LogP contribution in [0.4, 0.5) is 4.79 Å². The van der Waals surface area contributed by atoms with Gasteiger partial charge in [-0.05, 0) is 38.0 Å². The number of urea groups is 1. The molecule has 1 aliphatic heterocycles. The molecule has 3 N–H and O–H groups in total. The van der Waals surface area contributed by atoms with Crippen LogP contribution >= 0.6 is 0 Å². The van der Waals surface area contributed by atoms with Gasteiger partial charge in [-0.3, -0.25) is 4.90 Å². The summed E-state index contributed by atoms with van der Waals surface area (Å²) in [6.45, 7) is 6.19. The van der Waals surface area contributed by atoms with Crippen molar-refractivity contribution in [2.75, 3.05) is 32.7 Å². The minimum atomic E-state index is -0.519. The Morgan fingerprint density at radius 1 is 1.26 bits per heavy atom. The molecule has 2 rings (SSSR count). The number of aliphatic hydroxyl groups is 1. The third-order valence-corrected chi connectivity index (χ3v) is 4.62. The fraction of sp³-hybridized carbons (Fsp3) is 0.929. The van der Waals surface area contributed by atoms with Gasteiger partial charge in [0.15, 0.2) is 0 Å². The number of nitrogens with two attached hydrogens (primary N) is 1. The molecule has 1 aliphatic carbocycles. The van der Waals surface area contributed by atoms with E-state index >= 15 is 0 Å². The molecule has 1 saturated carbocycles. The molecule has 110 valence electrons. The Morgan fingerprint density at radius 2 is 1.95 bits per heavy atom. The molecular formula is C14H27N3O2. The average Bonchev–Trinajstić information content (AvgIpc) is 2.59. The summed E-state index contributed by atoms with van der Waals surface area (Å²) < 4.78 is 0. The number of rotatable bonds is 2. The molecule has 0 atom stereocenters. The second kappa shape index (κ2) is 6.09. The lowest BCUT2D eigenvalue weighted by Crippen LogP contribution is -2.46. The fourth-order valence-corrected chi connectivity index (χ4v) is 3.22. The topological polar surface area (TPSA) is 69.8 Å². The maximum atomic E-state index is 11.2. The molecule has 0 aromatic carbocycles. The number of hydrogen-bond acceptors (Lipinski definition) is 3. The van der Waals surface area contributed by atoms with Crippen molar-refractivity contribution < 1.29 is 9.90 Å². The number of β-amino-alcohol motifs (C(OH)–C–C–N with tert-alkyl or cyclic N) is 1. The van der Waals surface area contributed by atoms with E-state index in [0.717, 1.165) is 64.2 Å². The van der Waals surface area contributed by atoms with E-state index in [0.29, 0.717) is 6.54 Å². The fourth-order valence-electron chi connectivity index (χ4n) is 3.22. The number of hydrogen-bond donors (Lipinski definition) is 2. The van der Waals surface area contributed by atoms with Gasteiger partial charge in [-0.1, -0.05) is 6.92 Å². The van der Waals surface area contributed by atoms with Crippen molar-refractivity contribution in [3.05, 3.63) is 0 Å². The molecule has 2 amide bonds. The van der Waals surface area contributed by atoms with Gasteiger partial charge in [0, 0.05) is 32.7 Å². The normalized spacial score (nSPS) is 34.0. The van der Waals surface area contributed by atoms with Crippen LogP contribution in [-0.4, -0.2) is 59.3 Å². The molecule has 5 nitrogen and oxygen atoms in total. The van der Waals surface area contributed by atoms with Gasteiger partial charge < -0.3 is 15.7 Å². The van der Waals surface area contributed by atoms with E-state index < -0.39 is 5.60 Å². The molecule has 19 heavy (non-hydrogen) atoms. The Labute approximate surface area is 115 Å². The summed E-state index contributed by atoms with van der Waals surface area (Å²) in [4.78, 5) is 15.2. The molecule has 0 aromatic heterocycles. The highest BCUT2D eigenvalue weighted by Crippen LogP contribution is 2.32. The van der Waals surface area contributed by atoms with Crippen molar-refractivity contribution in [1.29, 1.82) is 0 Å². The van der Waals surface area contributed by atoms with E-state index in [1.54, 1.807) is 4.90 Å². The molecule has 0 unspecified atom stereocenters. The summed E-state index contributed by atoms with van der Waals surface area (Å²) in [6, 6.07) is -0.327. The standard InChI is InChI=1S/C14H27N3O2/c1-12-3-5-14(19,6-4-12)11-16-7-2-8-17(10-9-16)13(15)18/h12,19H,2-11H2,1H3,(H2,15,18). The van der Waals surface area contributed by atoms with Crippen LogP contribution in [0.3, 0.4) is 0 Å². The highest BCUT2D eigenvalue weighted by molar-refractivity contribution is 5.71. The van der Waals surface area contributed by atoms with Crippen LogP contribution in [0.5, 0.6) is 0 Å². The van der Waals surface area contributed by atoms with Gasteiger partial charge in [-0.2, -0.15) is 0 Å². The van der Waals surface area contributed by atoms with Crippen LogP contribution < -0.4 is 5.73 Å². The van der Waals surface area contributed by atoms with E-state index in [9.17, 15) is 9.90 Å². The SMILES string of the molecule is CC1CCC(O)(CN2CCCN(C(N)=O)CC2)CC1. The van der Waals surface area contributed by atoms with Crippen LogP contribution in [0.15, 0.2) is 0 Å². The maximum absolute atomic E-state index is 11.2. The lowest BCUT2D eigenvalue weighted by molar-refractivity contribution is -0.0340. The summed E-state index contributed by atoms with van der Waals surface area (Å²) in [5, 5.41) is 10.7. The predicted molar refractivity (Wildman–Crippen MR) is 74.8 cm³/mol. The Balaban J connectivity index is 1.84. The van der Waals surface area contributed by atoms with Crippen molar-refractivity contribution in [2.24, 2.45) is 11.7 Å². The van der Waals surface area contributed by atoms with Crippen molar-refractivity contribution in [2.45, 2.75) is 44.6 Å². The summed E-state index contributed by atoms with van der Waals surface area (Å²) in [7, 11) is 0. The first-order chi connectivity index (χ1) is 8.98. The van der Waals surface area contributed by atoms with Crippen LogP contribution in [0.2, 0.25) is 0 Å². The second-order valence-corrected chi connectivity index (χ2v) is 6.36. The van der Waals surface area contributed by atoms with Crippen LogP contribution in [0.1, 0.15) is 39.0 Å². The minimum Gasteiger partial charge on any atom is -0.389 e. The highest BCUT2D eigenvalue weighted by atomic mass is 16.3. The van der Waals surface area contributed by atoms with Gasteiger partial charge in [-0.15, -0.1) is 0 Å². The maximum Gasteiger partial charge on any atom is 0.314 e. The number of carbonyl (C=O) groups excluding carboxylic acids is 1. The highest BCUT2D eigenvalue weighted by Gasteiger charge is 2.34. The Morgan fingerprint density at radius 3 is 2.58 bits per heavy atom. The Hall–Kier alpha value is -0.810. The van der Waals surface area contributed by atoms with Gasteiger partial charge in [0.25, 0.3) is 0 Å². The van der Waals surface area contributed by atoms with Gasteiger partial charge in [0.05, 0.1) is 5.60 Å². The first-order valence-corrected chi connectivity index (χ1v) is 7.48. The van der Waals surface area contributed by atoms with Crippen molar-refractivity contribution in [3.63, 3.8) is 0 Å². The zero-order valence-electron chi connectivity index (χ0n) is 12.0. The summed E-state index contributed by atoms with van der Waals surface area (Å²) in [5.74, 6) is 0.745. The minimum absolute atomic E-state index is 0.327. The van der Waals surface area contributed by atoms with Crippen LogP contribution in [0, 0.1) is 5.92 Å². The van der Waals surface area contributed by atoms with Crippen molar-refractivity contribution in [3.8, 4) is 0 Å². The van der Waals surface area contributed by atoms with E-state index in [1.165, 1.54) is 0 Å². The Kier molecular flexibility index (Phi) is 4.68.